The molecule has 1 fully saturated rings. The lowest BCUT2D eigenvalue weighted by Crippen LogP contribution is -2.44. The summed E-state index contributed by atoms with van der Waals surface area (Å²) in [7, 11) is 2.13. The molecule has 0 bridgehead atoms. The van der Waals surface area contributed by atoms with Gasteiger partial charge in [0.15, 0.2) is 5.78 Å². The number of anilines is 3. The summed E-state index contributed by atoms with van der Waals surface area (Å²) >= 11 is 5.80. The van der Waals surface area contributed by atoms with E-state index in [-0.39, 0.29) is 17.6 Å². The normalized spacial score (nSPS) is 16.7. The molecule has 0 radical (unpaired) electrons. The van der Waals surface area contributed by atoms with Crippen LogP contribution >= 0.6 is 11.6 Å². The molecule has 43 heavy (non-hydrogen) atoms. The number of carbonyl (C=O) groups is 3. The van der Waals surface area contributed by atoms with Crippen molar-refractivity contribution in [2.24, 2.45) is 4.99 Å². The quantitative estimate of drug-likeness (QED) is 0.169. The molecule has 4 aromatic rings. The van der Waals surface area contributed by atoms with Crippen molar-refractivity contribution in [3.05, 3.63) is 112 Å². The average Bonchev–Trinajstić information content (AvgIpc) is 3.34. The van der Waals surface area contributed by atoms with E-state index in [4.69, 9.17) is 11.6 Å². The fourth-order valence-electron chi connectivity index (χ4n) is 5.17. The summed E-state index contributed by atoms with van der Waals surface area (Å²) in [6.07, 6.45) is 3.03. The van der Waals surface area contributed by atoms with Crippen LogP contribution in [0.2, 0.25) is 5.15 Å². The number of hydrogen-bond donors (Lipinski definition) is 2. The van der Waals surface area contributed by atoms with E-state index in [1.54, 1.807) is 54.7 Å². The van der Waals surface area contributed by atoms with E-state index in [0.717, 1.165) is 37.4 Å². The Morgan fingerprint density at radius 1 is 0.953 bits per heavy atom. The number of rotatable bonds is 7. The molecule has 3 aromatic carbocycles. The maximum atomic E-state index is 13.3. The summed E-state index contributed by atoms with van der Waals surface area (Å²) in [5, 5.41) is 5.95. The zero-order valence-corrected chi connectivity index (χ0v) is 24.2. The first-order valence-electron chi connectivity index (χ1n) is 13.9. The van der Waals surface area contributed by atoms with E-state index in [1.807, 2.05) is 12.1 Å². The molecule has 216 valence electrons. The number of hydrogen-bond acceptors (Lipinski definition) is 7. The number of pyridine rings is 1. The molecule has 2 aliphatic heterocycles. The van der Waals surface area contributed by atoms with Crippen molar-refractivity contribution in [1.29, 1.82) is 0 Å². The molecule has 9 nitrogen and oxygen atoms in total. The van der Waals surface area contributed by atoms with Crippen molar-refractivity contribution in [2.75, 3.05) is 48.8 Å². The average molecular weight is 593 g/mol. The Labute approximate surface area is 254 Å². The molecule has 0 saturated carbocycles. The van der Waals surface area contributed by atoms with Crippen molar-refractivity contribution in [1.82, 2.24) is 9.88 Å². The molecule has 1 saturated heterocycles. The maximum absolute atomic E-state index is 13.3. The van der Waals surface area contributed by atoms with Crippen LogP contribution in [0.15, 0.2) is 90.1 Å². The zero-order valence-electron chi connectivity index (χ0n) is 23.5. The summed E-state index contributed by atoms with van der Waals surface area (Å²) in [6.45, 7) is 4.06. The number of likely N-dealkylation sites (N-methyl/N-ethyl adjacent to an activating group) is 1. The highest BCUT2D eigenvalue weighted by molar-refractivity contribution is 6.29. The summed E-state index contributed by atoms with van der Waals surface area (Å²) in [5.74, 6) is -1.36. The van der Waals surface area contributed by atoms with Crippen LogP contribution in [0, 0.1) is 0 Å². The minimum atomic E-state index is -0.558. The van der Waals surface area contributed by atoms with Crippen LogP contribution < -0.4 is 15.5 Å². The number of carbonyl (C=O) groups excluding carboxylic acids is 3. The first-order valence-corrected chi connectivity index (χ1v) is 14.3. The topological polar surface area (TPSA) is 107 Å². The van der Waals surface area contributed by atoms with Gasteiger partial charge < -0.3 is 20.4 Å². The highest BCUT2D eigenvalue weighted by Crippen LogP contribution is 2.33. The second-order valence-corrected chi connectivity index (χ2v) is 11.0. The van der Waals surface area contributed by atoms with Crippen LogP contribution in [0.1, 0.15) is 37.8 Å². The third kappa shape index (κ3) is 6.33. The van der Waals surface area contributed by atoms with Crippen molar-refractivity contribution in [3.8, 4) is 0 Å². The van der Waals surface area contributed by atoms with Crippen LogP contribution in [0.5, 0.6) is 0 Å². The van der Waals surface area contributed by atoms with Gasteiger partial charge in [-0.2, -0.15) is 0 Å². The lowest BCUT2D eigenvalue weighted by atomic mass is 9.97. The first kappa shape index (κ1) is 28.3. The number of piperazine rings is 1. The third-order valence-electron chi connectivity index (χ3n) is 7.65. The van der Waals surface area contributed by atoms with Crippen LogP contribution in [0.4, 0.5) is 22.7 Å². The Kier molecular flexibility index (Phi) is 8.00. The first-order chi connectivity index (χ1) is 20.8. The molecule has 3 heterocycles. The number of benzene rings is 3. The fourth-order valence-corrected chi connectivity index (χ4v) is 5.28. The summed E-state index contributed by atoms with van der Waals surface area (Å²) in [6, 6.07) is 23.0. The molecule has 2 amide bonds. The van der Waals surface area contributed by atoms with E-state index in [9.17, 15) is 14.4 Å². The molecule has 0 spiro atoms. The van der Waals surface area contributed by atoms with Gasteiger partial charge in [-0.15, -0.1) is 0 Å². The van der Waals surface area contributed by atoms with Gasteiger partial charge in [0, 0.05) is 66.8 Å². The highest BCUT2D eigenvalue weighted by atomic mass is 35.5. The van der Waals surface area contributed by atoms with Crippen molar-refractivity contribution < 1.29 is 14.4 Å². The molecular weight excluding hydrogens is 564 g/mol. The van der Waals surface area contributed by atoms with E-state index >= 15 is 0 Å². The fraction of sp³-hybridized carbons (Fsp3) is 0.182. The molecule has 2 N–H and O–H groups in total. The lowest BCUT2D eigenvalue weighted by Gasteiger charge is -2.34. The largest absolute Gasteiger partial charge is 0.369 e. The summed E-state index contributed by atoms with van der Waals surface area (Å²) in [5.41, 5.74) is 4.90. The van der Waals surface area contributed by atoms with Gasteiger partial charge in [-0.1, -0.05) is 35.9 Å². The minimum absolute atomic E-state index is 0.196. The standard InChI is InChI=1S/C33H29ClN6O3/c1-39-13-15-40(16-14-39)26-9-7-24(8-10-26)35-20-28-27-11-5-22(18-29(27)38-33(28)43)31(41)21-3-2-4-25(17-21)37-32(42)23-6-12-30(34)36-19-23/h2-12,17-20,28H,13-16H2,1H3,(H,37,42)(H,38,43). The Morgan fingerprint density at radius 3 is 2.44 bits per heavy atom. The van der Waals surface area contributed by atoms with E-state index < -0.39 is 5.92 Å². The minimum Gasteiger partial charge on any atom is -0.369 e. The van der Waals surface area contributed by atoms with Gasteiger partial charge >= 0.3 is 0 Å². The molecule has 10 heteroatoms. The van der Waals surface area contributed by atoms with Gasteiger partial charge in [-0.05, 0) is 67.2 Å². The van der Waals surface area contributed by atoms with Crippen LogP contribution in [-0.4, -0.2) is 66.9 Å². The Morgan fingerprint density at radius 2 is 1.70 bits per heavy atom. The van der Waals surface area contributed by atoms with Gasteiger partial charge in [-0.3, -0.25) is 19.4 Å². The maximum Gasteiger partial charge on any atom is 0.257 e. The van der Waals surface area contributed by atoms with Crippen LogP contribution in [-0.2, 0) is 4.79 Å². The van der Waals surface area contributed by atoms with Gasteiger partial charge in [-0.25, -0.2) is 4.98 Å². The molecule has 2 aliphatic rings. The van der Waals surface area contributed by atoms with Gasteiger partial charge in [0.1, 0.15) is 11.1 Å². The summed E-state index contributed by atoms with van der Waals surface area (Å²) in [4.78, 5) is 51.9. The third-order valence-corrected chi connectivity index (χ3v) is 7.88. The van der Waals surface area contributed by atoms with Gasteiger partial charge in [0.05, 0.1) is 11.3 Å². The Hall–Kier alpha value is -4.86. The van der Waals surface area contributed by atoms with Crippen molar-refractivity contribution in [2.45, 2.75) is 5.92 Å². The second kappa shape index (κ2) is 12.2. The summed E-state index contributed by atoms with van der Waals surface area (Å²) < 4.78 is 0. The van der Waals surface area contributed by atoms with Crippen molar-refractivity contribution >= 4 is 58.2 Å². The van der Waals surface area contributed by atoms with Gasteiger partial charge in [0.2, 0.25) is 5.91 Å². The monoisotopic (exact) mass is 592 g/mol. The predicted octanol–water partition coefficient (Wildman–Crippen LogP) is 5.41. The molecular formula is C33H29ClN6O3. The van der Waals surface area contributed by atoms with Crippen LogP contribution in [0.3, 0.4) is 0 Å². The number of nitrogens with zero attached hydrogens (tertiary/aromatic N) is 4. The zero-order chi connectivity index (χ0) is 29.9. The van der Waals surface area contributed by atoms with Gasteiger partial charge in [0.25, 0.3) is 5.91 Å². The Bertz CT molecular complexity index is 1710. The SMILES string of the molecule is CN1CCN(c2ccc(N=CC3C(=O)Nc4cc(C(=O)c5cccc(NC(=O)c6ccc(Cl)nc6)c5)ccc43)cc2)CC1. The number of aromatic nitrogens is 1. The molecule has 1 aromatic heterocycles. The van der Waals surface area contributed by atoms with Crippen LogP contribution in [0.25, 0.3) is 0 Å². The number of nitrogens with one attached hydrogen (secondary N) is 2. The second-order valence-electron chi connectivity index (χ2n) is 10.6. The number of fused-ring (bicyclic) bond motifs is 1. The molecule has 6 rings (SSSR count). The number of ketones is 1. The van der Waals surface area contributed by atoms with E-state index in [1.165, 1.54) is 18.0 Å². The number of halogens is 1. The predicted molar refractivity (Wildman–Crippen MR) is 169 cm³/mol. The number of amides is 2. The molecule has 0 aliphatic carbocycles. The van der Waals surface area contributed by atoms with E-state index in [2.05, 4.69) is 49.6 Å². The lowest BCUT2D eigenvalue weighted by molar-refractivity contribution is -0.115. The highest BCUT2D eigenvalue weighted by Gasteiger charge is 2.30. The van der Waals surface area contributed by atoms with E-state index in [0.29, 0.717) is 33.2 Å². The van der Waals surface area contributed by atoms with Crippen molar-refractivity contribution in [3.63, 3.8) is 0 Å². The number of aliphatic imine (C=N–C) groups is 1. The smallest absolute Gasteiger partial charge is 0.257 e. The molecule has 1 unspecified atom stereocenters. The molecule has 1 atom stereocenters. The Balaban J connectivity index is 1.13.